The van der Waals surface area contributed by atoms with Crippen LogP contribution >= 0.6 is 0 Å². The van der Waals surface area contributed by atoms with Crippen molar-refractivity contribution in [1.82, 2.24) is 10.1 Å². The molecule has 0 radical (unpaired) electrons. The molecule has 2 N–H and O–H groups in total. The number of azo groups is 1. The maximum atomic E-state index is 12.1. The standard InChI is InChI=1S/C18H12N4O4/c23-17(15-10-12(26-22-15)8-7-11-4-3-9-25-11)21-20-16-13-5-1-2-6-14(13)19-18(16)24/h1-10,19,24H/b8-7-,21-20?. The van der Waals surface area contributed by atoms with Gasteiger partial charge in [-0.3, -0.25) is 4.79 Å². The Bertz CT molecular complexity index is 1120. The zero-order valence-corrected chi connectivity index (χ0v) is 13.3. The summed E-state index contributed by atoms with van der Waals surface area (Å²) in [5.41, 5.74) is 0.890. The Morgan fingerprint density at radius 3 is 2.85 bits per heavy atom. The third kappa shape index (κ3) is 3.03. The second kappa shape index (κ2) is 6.52. The number of amides is 1. The van der Waals surface area contributed by atoms with Gasteiger partial charge in [0.05, 0.1) is 11.8 Å². The monoisotopic (exact) mass is 348 g/mol. The van der Waals surface area contributed by atoms with Gasteiger partial charge in [0.2, 0.25) is 5.88 Å². The number of fused-ring (bicyclic) bond motifs is 1. The van der Waals surface area contributed by atoms with Gasteiger partial charge in [-0.15, -0.1) is 10.2 Å². The number of aromatic hydroxyl groups is 1. The van der Waals surface area contributed by atoms with E-state index in [2.05, 4.69) is 20.4 Å². The molecule has 0 saturated carbocycles. The molecular formula is C18H12N4O4. The molecule has 0 fully saturated rings. The first kappa shape index (κ1) is 15.6. The predicted molar refractivity (Wildman–Crippen MR) is 92.9 cm³/mol. The second-order valence-electron chi connectivity index (χ2n) is 5.34. The van der Waals surface area contributed by atoms with Crippen LogP contribution in [0.5, 0.6) is 5.88 Å². The molecule has 0 saturated heterocycles. The number of hydrogen-bond acceptors (Lipinski definition) is 6. The lowest BCUT2D eigenvalue weighted by atomic mass is 10.2. The van der Waals surface area contributed by atoms with Crippen LogP contribution in [0.3, 0.4) is 0 Å². The van der Waals surface area contributed by atoms with Crippen molar-refractivity contribution in [3.63, 3.8) is 0 Å². The summed E-state index contributed by atoms with van der Waals surface area (Å²) in [6.07, 6.45) is 4.85. The van der Waals surface area contributed by atoms with Gasteiger partial charge in [0.15, 0.2) is 17.1 Å². The smallest absolute Gasteiger partial charge is 0.317 e. The third-order valence-electron chi connectivity index (χ3n) is 3.60. The Labute approximate surface area is 146 Å². The number of rotatable bonds is 4. The number of nitrogens with one attached hydrogen (secondary N) is 1. The molecule has 128 valence electrons. The number of carbonyl (C=O) groups excluding carboxylic acids is 1. The second-order valence-corrected chi connectivity index (χ2v) is 5.34. The lowest BCUT2D eigenvalue weighted by Gasteiger charge is -1.90. The molecule has 8 nitrogen and oxygen atoms in total. The van der Waals surface area contributed by atoms with Gasteiger partial charge in [0.25, 0.3) is 0 Å². The van der Waals surface area contributed by atoms with Crippen LogP contribution in [0.1, 0.15) is 22.0 Å². The van der Waals surface area contributed by atoms with E-state index in [4.69, 9.17) is 8.94 Å². The van der Waals surface area contributed by atoms with Gasteiger partial charge < -0.3 is 19.0 Å². The summed E-state index contributed by atoms with van der Waals surface area (Å²) in [5, 5.41) is 21.7. The van der Waals surface area contributed by atoms with Gasteiger partial charge in [-0.25, -0.2) is 0 Å². The van der Waals surface area contributed by atoms with Crippen LogP contribution in [-0.4, -0.2) is 21.2 Å². The maximum Gasteiger partial charge on any atom is 0.317 e. The summed E-state index contributed by atoms with van der Waals surface area (Å²) < 4.78 is 10.2. The molecule has 0 aliphatic rings. The van der Waals surface area contributed by atoms with Crippen LogP contribution in [0.4, 0.5) is 5.69 Å². The Morgan fingerprint density at radius 2 is 2.00 bits per heavy atom. The fourth-order valence-electron chi connectivity index (χ4n) is 2.38. The number of aromatic nitrogens is 2. The zero-order valence-electron chi connectivity index (χ0n) is 13.3. The highest BCUT2D eigenvalue weighted by atomic mass is 16.5. The molecule has 1 amide bonds. The van der Waals surface area contributed by atoms with E-state index in [1.807, 2.05) is 6.07 Å². The highest BCUT2D eigenvalue weighted by molar-refractivity contribution is 5.96. The molecule has 8 heteroatoms. The number of H-pyrrole nitrogens is 1. The van der Waals surface area contributed by atoms with E-state index in [9.17, 15) is 9.90 Å². The lowest BCUT2D eigenvalue weighted by Crippen LogP contribution is -1.92. The molecule has 26 heavy (non-hydrogen) atoms. The van der Waals surface area contributed by atoms with Gasteiger partial charge in [-0.1, -0.05) is 23.4 Å². The first-order valence-electron chi connectivity index (χ1n) is 7.65. The molecule has 4 rings (SSSR count). The summed E-state index contributed by atoms with van der Waals surface area (Å²) in [7, 11) is 0. The van der Waals surface area contributed by atoms with Crippen LogP contribution in [-0.2, 0) is 0 Å². The number of furan rings is 1. The van der Waals surface area contributed by atoms with Crippen molar-refractivity contribution in [2.75, 3.05) is 0 Å². The Kier molecular flexibility index (Phi) is 3.91. The molecule has 0 aliphatic carbocycles. The van der Waals surface area contributed by atoms with E-state index in [0.29, 0.717) is 22.4 Å². The van der Waals surface area contributed by atoms with Crippen molar-refractivity contribution in [2.45, 2.75) is 0 Å². The number of para-hydroxylation sites is 1. The third-order valence-corrected chi connectivity index (χ3v) is 3.60. The zero-order chi connectivity index (χ0) is 17.9. The van der Waals surface area contributed by atoms with Gasteiger partial charge in [-0.2, -0.15) is 0 Å². The summed E-state index contributed by atoms with van der Waals surface area (Å²) in [4.78, 5) is 14.9. The first-order valence-corrected chi connectivity index (χ1v) is 7.65. The van der Waals surface area contributed by atoms with Crippen molar-refractivity contribution in [3.8, 4) is 5.88 Å². The molecule has 0 spiro atoms. The molecule has 0 aliphatic heterocycles. The molecule has 4 aromatic rings. The Balaban J connectivity index is 1.53. The summed E-state index contributed by atoms with van der Waals surface area (Å²) in [6, 6.07) is 12.1. The van der Waals surface area contributed by atoms with Gasteiger partial charge >= 0.3 is 5.91 Å². The molecule has 3 heterocycles. The van der Waals surface area contributed by atoms with E-state index in [0.717, 1.165) is 0 Å². The van der Waals surface area contributed by atoms with Crippen LogP contribution in [0.25, 0.3) is 23.1 Å². The quantitative estimate of drug-likeness (QED) is 0.525. The molecule has 0 atom stereocenters. The van der Waals surface area contributed by atoms with E-state index >= 15 is 0 Å². The van der Waals surface area contributed by atoms with Crippen LogP contribution in [0.15, 0.2) is 67.9 Å². The highest BCUT2D eigenvalue weighted by Crippen LogP contribution is 2.35. The molecule has 1 aromatic carbocycles. The fourth-order valence-corrected chi connectivity index (χ4v) is 2.38. The van der Waals surface area contributed by atoms with Crippen LogP contribution in [0, 0.1) is 0 Å². The number of nitrogens with zero attached hydrogens (tertiary/aromatic N) is 3. The Hall–Kier alpha value is -3.94. The van der Waals surface area contributed by atoms with Gasteiger partial charge in [0, 0.05) is 11.5 Å². The first-order chi connectivity index (χ1) is 12.7. The van der Waals surface area contributed by atoms with Crippen molar-refractivity contribution in [3.05, 3.63) is 65.9 Å². The van der Waals surface area contributed by atoms with Crippen molar-refractivity contribution < 1.29 is 18.8 Å². The fraction of sp³-hybridized carbons (Fsp3) is 0. The minimum Gasteiger partial charge on any atom is -0.493 e. The normalized spacial score (nSPS) is 11.8. The largest absolute Gasteiger partial charge is 0.493 e. The minimum atomic E-state index is -0.684. The SMILES string of the molecule is O=C(N=Nc1c(O)[nH]c2ccccc12)c1cc(/C=C\c2ccco2)on1. The topological polar surface area (TPSA) is 117 Å². The maximum absolute atomic E-state index is 12.1. The number of aromatic amines is 1. The molecule has 0 bridgehead atoms. The average Bonchev–Trinajstić information content (AvgIpc) is 3.38. The van der Waals surface area contributed by atoms with Gasteiger partial charge in [-0.05, 0) is 30.4 Å². The van der Waals surface area contributed by atoms with E-state index in [1.165, 1.54) is 6.07 Å². The Morgan fingerprint density at radius 1 is 1.15 bits per heavy atom. The summed E-state index contributed by atoms with van der Waals surface area (Å²) in [6.45, 7) is 0. The summed E-state index contributed by atoms with van der Waals surface area (Å²) in [5.74, 6) is 0.166. The van der Waals surface area contributed by atoms with E-state index in [1.54, 1.807) is 48.7 Å². The predicted octanol–water partition coefficient (Wildman–Crippen LogP) is 4.55. The molecule has 0 unspecified atom stereocenters. The average molecular weight is 348 g/mol. The lowest BCUT2D eigenvalue weighted by molar-refractivity contribution is 0.0986. The highest BCUT2D eigenvalue weighted by Gasteiger charge is 2.13. The number of carbonyl (C=O) groups is 1. The van der Waals surface area contributed by atoms with E-state index in [-0.39, 0.29) is 17.3 Å². The van der Waals surface area contributed by atoms with Crippen LogP contribution in [0.2, 0.25) is 0 Å². The van der Waals surface area contributed by atoms with Crippen molar-refractivity contribution >= 4 is 34.6 Å². The molecule has 3 aromatic heterocycles. The molecular weight excluding hydrogens is 336 g/mol. The number of hydrogen-bond donors (Lipinski definition) is 2. The summed E-state index contributed by atoms with van der Waals surface area (Å²) >= 11 is 0. The van der Waals surface area contributed by atoms with Crippen molar-refractivity contribution in [2.24, 2.45) is 10.2 Å². The number of benzene rings is 1. The minimum absolute atomic E-state index is 0.00664. The van der Waals surface area contributed by atoms with Gasteiger partial charge in [0.1, 0.15) is 5.76 Å². The van der Waals surface area contributed by atoms with E-state index < -0.39 is 5.91 Å². The van der Waals surface area contributed by atoms with Crippen LogP contribution < -0.4 is 0 Å². The van der Waals surface area contributed by atoms with Crippen molar-refractivity contribution in [1.29, 1.82) is 0 Å².